The zero-order valence-electron chi connectivity index (χ0n) is 8.36. The molecule has 0 bridgehead atoms. The lowest BCUT2D eigenvalue weighted by Crippen LogP contribution is -2.73. The smallest absolute Gasteiger partial charge is 0.262 e. The molecule has 0 radical (unpaired) electrons. The average molecular weight is 266 g/mol. The van der Waals surface area contributed by atoms with Crippen molar-refractivity contribution >= 4 is 0 Å². The average Bonchev–Trinajstić information content (AvgIpc) is 2.26. The highest BCUT2D eigenvalue weighted by molar-refractivity contribution is 4.79. The summed E-state index contributed by atoms with van der Waals surface area (Å²) in [6.07, 6.45) is -8.53. The SMILES string of the molecule is O=[N+]([O-])C1NC([N+](=O)[O-])C([N+](=O)[O-])NC1[N+](=O)[O-]. The van der Waals surface area contributed by atoms with E-state index < -0.39 is 44.4 Å². The van der Waals surface area contributed by atoms with Gasteiger partial charge in [0.05, 0.1) is 0 Å². The van der Waals surface area contributed by atoms with Gasteiger partial charge >= 0.3 is 24.7 Å². The summed E-state index contributed by atoms with van der Waals surface area (Å²) in [5, 5.41) is 45.4. The molecule has 0 aromatic rings. The fourth-order valence-electron chi connectivity index (χ4n) is 1.42. The van der Waals surface area contributed by atoms with Gasteiger partial charge in [0.2, 0.25) is 0 Å². The molecule has 1 aliphatic rings. The lowest BCUT2D eigenvalue weighted by molar-refractivity contribution is -0.689. The molecular weight excluding hydrogens is 260 g/mol. The van der Waals surface area contributed by atoms with Crippen molar-refractivity contribution in [3.8, 4) is 0 Å². The van der Waals surface area contributed by atoms with Gasteiger partial charge in [-0.25, -0.2) is 0 Å². The molecule has 0 aromatic heterocycles. The number of nitro groups is 4. The van der Waals surface area contributed by atoms with E-state index in [1.165, 1.54) is 0 Å². The van der Waals surface area contributed by atoms with E-state index >= 15 is 0 Å². The molecule has 1 rings (SSSR count). The van der Waals surface area contributed by atoms with Crippen LogP contribution < -0.4 is 10.6 Å². The molecule has 0 saturated carbocycles. The third kappa shape index (κ3) is 2.43. The van der Waals surface area contributed by atoms with Gasteiger partial charge in [0, 0.05) is 19.7 Å². The van der Waals surface area contributed by atoms with E-state index in [9.17, 15) is 40.5 Å². The van der Waals surface area contributed by atoms with Crippen molar-refractivity contribution in [3.05, 3.63) is 40.5 Å². The van der Waals surface area contributed by atoms with Crippen molar-refractivity contribution < 1.29 is 19.7 Å². The first-order valence-corrected chi connectivity index (χ1v) is 4.31. The van der Waals surface area contributed by atoms with Crippen LogP contribution in [0.5, 0.6) is 0 Å². The molecule has 2 N–H and O–H groups in total. The van der Waals surface area contributed by atoms with E-state index in [2.05, 4.69) is 0 Å². The van der Waals surface area contributed by atoms with Crippen LogP contribution in [0.2, 0.25) is 0 Å². The summed E-state index contributed by atoms with van der Waals surface area (Å²) in [4.78, 5) is 37.4. The summed E-state index contributed by atoms with van der Waals surface area (Å²) < 4.78 is 0. The first-order chi connectivity index (χ1) is 8.25. The molecule has 1 aliphatic heterocycles. The molecular formula is C4H6N6O8. The van der Waals surface area contributed by atoms with Gasteiger partial charge in [-0.3, -0.25) is 40.5 Å². The number of nitrogens with one attached hydrogen (secondary N) is 2. The normalized spacial score (nSPS) is 31.6. The number of nitrogens with zero attached hydrogens (tertiary/aromatic N) is 4. The molecule has 0 amide bonds. The van der Waals surface area contributed by atoms with E-state index in [1.54, 1.807) is 10.6 Å². The highest BCUT2D eigenvalue weighted by Gasteiger charge is 2.59. The molecule has 0 aliphatic carbocycles. The minimum Gasteiger partial charge on any atom is -0.262 e. The molecule has 14 heteroatoms. The molecule has 1 fully saturated rings. The molecule has 0 aromatic carbocycles. The highest BCUT2D eigenvalue weighted by atomic mass is 16.7. The summed E-state index contributed by atoms with van der Waals surface area (Å²) in [5.41, 5.74) is 0. The molecule has 14 nitrogen and oxygen atoms in total. The van der Waals surface area contributed by atoms with E-state index in [0.717, 1.165) is 0 Å². The highest BCUT2D eigenvalue weighted by Crippen LogP contribution is 2.10. The van der Waals surface area contributed by atoms with Crippen molar-refractivity contribution in [2.75, 3.05) is 0 Å². The Balaban J connectivity index is 3.06. The van der Waals surface area contributed by atoms with Crippen LogP contribution in [0.25, 0.3) is 0 Å². The van der Waals surface area contributed by atoms with Crippen LogP contribution >= 0.6 is 0 Å². The summed E-state index contributed by atoms with van der Waals surface area (Å²) in [7, 11) is 0. The minimum atomic E-state index is -2.13. The van der Waals surface area contributed by atoms with Crippen molar-refractivity contribution in [3.63, 3.8) is 0 Å². The minimum absolute atomic E-state index is 1.16. The Kier molecular flexibility index (Phi) is 3.62. The number of hydrogen-bond donors (Lipinski definition) is 2. The fourth-order valence-corrected chi connectivity index (χ4v) is 1.42. The maximum absolute atomic E-state index is 10.5. The van der Waals surface area contributed by atoms with Gasteiger partial charge < -0.3 is 0 Å². The van der Waals surface area contributed by atoms with E-state index in [0.29, 0.717) is 0 Å². The topological polar surface area (TPSA) is 197 Å². The summed E-state index contributed by atoms with van der Waals surface area (Å²) >= 11 is 0. The predicted octanol–water partition coefficient (Wildman–Crippen LogP) is -2.41. The Hall–Kier alpha value is -2.48. The Morgan fingerprint density at radius 2 is 0.722 bits per heavy atom. The quantitative estimate of drug-likeness (QED) is 0.408. The van der Waals surface area contributed by atoms with Crippen LogP contribution in [0.1, 0.15) is 0 Å². The van der Waals surface area contributed by atoms with Crippen molar-refractivity contribution in [1.29, 1.82) is 0 Å². The van der Waals surface area contributed by atoms with Crippen LogP contribution in [0.4, 0.5) is 0 Å². The maximum Gasteiger partial charge on any atom is 0.352 e. The molecule has 4 unspecified atom stereocenters. The molecule has 1 saturated heterocycles. The van der Waals surface area contributed by atoms with Gasteiger partial charge in [0.25, 0.3) is 0 Å². The first-order valence-electron chi connectivity index (χ1n) is 4.31. The summed E-state index contributed by atoms with van der Waals surface area (Å²) in [6, 6.07) is 0. The van der Waals surface area contributed by atoms with Gasteiger partial charge in [-0.2, -0.15) is 10.6 Å². The van der Waals surface area contributed by atoms with Gasteiger partial charge in [0.1, 0.15) is 0 Å². The predicted molar refractivity (Wildman–Crippen MR) is 49.4 cm³/mol. The van der Waals surface area contributed by atoms with Gasteiger partial charge in [0.15, 0.2) is 0 Å². The van der Waals surface area contributed by atoms with Crippen LogP contribution in [0.15, 0.2) is 0 Å². The largest absolute Gasteiger partial charge is 0.352 e. The second kappa shape index (κ2) is 4.80. The van der Waals surface area contributed by atoms with Gasteiger partial charge in [-0.15, -0.1) is 0 Å². The molecule has 18 heavy (non-hydrogen) atoms. The van der Waals surface area contributed by atoms with E-state index in [-0.39, 0.29) is 0 Å². The van der Waals surface area contributed by atoms with Crippen LogP contribution in [0.3, 0.4) is 0 Å². The third-order valence-electron chi connectivity index (χ3n) is 2.19. The summed E-state index contributed by atoms with van der Waals surface area (Å²) in [6.45, 7) is 0. The van der Waals surface area contributed by atoms with E-state index in [1.807, 2.05) is 0 Å². The Bertz CT molecular complexity index is 336. The van der Waals surface area contributed by atoms with Crippen molar-refractivity contribution in [2.24, 2.45) is 0 Å². The van der Waals surface area contributed by atoms with E-state index in [4.69, 9.17) is 0 Å². The second-order valence-corrected chi connectivity index (χ2v) is 3.25. The number of rotatable bonds is 4. The molecule has 0 spiro atoms. The Labute approximate surface area is 96.5 Å². The summed E-state index contributed by atoms with van der Waals surface area (Å²) in [5.74, 6) is 0. The molecule has 1 heterocycles. The third-order valence-corrected chi connectivity index (χ3v) is 2.19. The zero-order chi connectivity index (χ0) is 14.0. The fraction of sp³-hybridized carbons (Fsp3) is 1.00. The van der Waals surface area contributed by atoms with Crippen LogP contribution in [-0.2, 0) is 0 Å². The van der Waals surface area contributed by atoms with Crippen molar-refractivity contribution in [1.82, 2.24) is 10.6 Å². The lowest BCUT2D eigenvalue weighted by atomic mass is 10.2. The molecule has 4 atom stereocenters. The van der Waals surface area contributed by atoms with Gasteiger partial charge in [-0.05, 0) is 0 Å². The second-order valence-electron chi connectivity index (χ2n) is 3.25. The zero-order valence-corrected chi connectivity index (χ0v) is 8.36. The Morgan fingerprint density at radius 3 is 0.833 bits per heavy atom. The van der Waals surface area contributed by atoms with Crippen molar-refractivity contribution in [2.45, 2.75) is 24.7 Å². The van der Waals surface area contributed by atoms with Crippen LogP contribution in [-0.4, -0.2) is 44.4 Å². The first kappa shape index (κ1) is 13.6. The van der Waals surface area contributed by atoms with Crippen LogP contribution in [0, 0.1) is 40.5 Å². The monoisotopic (exact) mass is 266 g/mol. The van der Waals surface area contributed by atoms with Gasteiger partial charge in [-0.1, -0.05) is 0 Å². The number of hydrogen-bond acceptors (Lipinski definition) is 10. The molecule has 100 valence electrons. The standard InChI is InChI=1S/C4H6N6O8/c11-7(12)1-2(8(13)14)6-4(10(17)18)3(5-1)9(15)16/h1-6H. The maximum atomic E-state index is 10.5. The number of piperazine rings is 1. The lowest BCUT2D eigenvalue weighted by Gasteiger charge is -2.25. The Morgan fingerprint density at radius 1 is 0.556 bits per heavy atom.